The molecule has 1 saturated heterocycles. The number of guanidine groups is 1. The largest absolute Gasteiger partial charge is 0.497 e. The number of rotatable bonds is 6. The number of ether oxygens (including phenoxy) is 2. The highest BCUT2D eigenvalue weighted by Gasteiger charge is 2.35. The molecule has 1 fully saturated rings. The third kappa shape index (κ3) is 6.07. The van der Waals surface area contributed by atoms with E-state index in [4.69, 9.17) is 9.47 Å². The fourth-order valence-electron chi connectivity index (χ4n) is 3.86. The van der Waals surface area contributed by atoms with Crippen LogP contribution in [0.3, 0.4) is 0 Å². The van der Waals surface area contributed by atoms with Crippen molar-refractivity contribution in [3.63, 3.8) is 0 Å². The number of hydrogen-bond acceptors (Lipinski definition) is 3. The van der Waals surface area contributed by atoms with E-state index < -0.39 is 0 Å². The summed E-state index contributed by atoms with van der Waals surface area (Å²) in [5.74, 6) is 1.45. The van der Waals surface area contributed by atoms with E-state index in [-0.39, 0.29) is 35.2 Å². The number of nitrogens with zero attached hydrogens (tertiary/aromatic N) is 2. The van der Waals surface area contributed by atoms with E-state index in [1.54, 1.807) is 26.3 Å². The van der Waals surface area contributed by atoms with Gasteiger partial charge >= 0.3 is 0 Å². The predicted molar refractivity (Wildman–Crippen MR) is 129 cm³/mol. The predicted octanol–water partition coefficient (Wildman–Crippen LogP) is 4.21. The molecule has 164 valence electrons. The van der Waals surface area contributed by atoms with Crippen molar-refractivity contribution in [1.29, 1.82) is 0 Å². The summed E-state index contributed by atoms with van der Waals surface area (Å²) >= 11 is 0. The number of hydrogen-bond donors (Lipinski definition) is 1. The lowest BCUT2D eigenvalue weighted by molar-refractivity contribution is 0.0511. The third-order valence-electron chi connectivity index (χ3n) is 5.62. The Morgan fingerprint density at radius 1 is 1.20 bits per heavy atom. The second-order valence-corrected chi connectivity index (χ2v) is 7.51. The van der Waals surface area contributed by atoms with Gasteiger partial charge in [0.1, 0.15) is 11.6 Å². The topological polar surface area (TPSA) is 46.1 Å². The summed E-state index contributed by atoms with van der Waals surface area (Å²) in [6.45, 7) is 2.76. The summed E-state index contributed by atoms with van der Waals surface area (Å²) < 4.78 is 24.7. The maximum Gasteiger partial charge on any atom is 0.193 e. The Kier molecular flexibility index (Phi) is 9.36. The zero-order valence-electron chi connectivity index (χ0n) is 17.9. The zero-order chi connectivity index (χ0) is 20.7. The normalized spacial score (nSPS) is 15.8. The van der Waals surface area contributed by atoms with Crippen LogP contribution in [0.5, 0.6) is 5.75 Å². The van der Waals surface area contributed by atoms with Crippen molar-refractivity contribution in [2.24, 2.45) is 4.99 Å². The van der Waals surface area contributed by atoms with Crippen molar-refractivity contribution in [2.75, 3.05) is 41.0 Å². The number of benzene rings is 2. The Morgan fingerprint density at radius 3 is 2.50 bits per heavy atom. The average molecular weight is 527 g/mol. The maximum absolute atomic E-state index is 13.9. The zero-order valence-corrected chi connectivity index (χ0v) is 20.2. The highest BCUT2D eigenvalue weighted by molar-refractivity contribution is 14.0. The molecule has 5 nitrogen and oxygen atoms in total. The molecule has 0 bridgehead atoms. The van der Waals surface area contributed by atoms with Gasteiger partial charge in [0.25, 0.3) is 0 Å². The van der Waals surface area contributed by atoms with E-state index in [1.165, 1.54) is 11.6 Å². The number of nitrogens with one attached hydrogen (secondary N) is 1. The Bertz CT molecular complexity index is 823. The second-order valence-electron chi connectivity index (χ2n) is 7.51. The van der Waals surface area contributed by atoms with Crippen LogP contribution >= 0.6 is 24.0 Å². The van der Waals surface area contributed by atoms with E-state index >= 15 is 0 Å². The minimum absolute atomic E-state index is 0. The van der Waals surface area contributed by atoms with Crippen LogP contribution in [-0.2, 0) is 16.7 Å². The van der Waals surface area contributed by atoms with Gasteiger partial charge in [-0.05, 0) is 48.2 Å². The minimum Gasteiger partial charge on any atom is -0.497 e. The molecule has 1 aliphatic heterocycles. The molecule has 0 aromatic heterocycles. The lowest BCUT2D eigenvalue weighted by Gasteiger charge is -2.39. The van der Waals surface area contributed by atoms with Crippen LogP contribution in [-0.4, -0.2) is 51.8 Å². The number of aliphatic imine (C=N–C) groups is 1. The first-order chi connectivity index (χ1) is 14.1. The molecule has 1 aliphatic rings. The first kappa shape index (κ1) is 24.4. The van der Waals surface area contributed by atoms with Gasteiger partial charge in [0, 0.05) is 45.8 Å². The Morgan fingerprint density at radius 2 is 1.90 bits per heavy atom. The molecule has 0 amide bonds. The van der Waals surface area contributed by atoms with Gasteiger partial charge in [-0.1, -0.05) is 24.3 Å². The van der Waals surface area contributed by atoms with E-state index in [0.29, 0.717) is 19.8 Å². The molecule has 30 heavy (non-hydrogen) atoms. The van der Waals surface area contributed by atoms with Gasteiger partial charge < -0.3 is 19.7 Å². The van der Waals surface area contributed by atoms with Crippen molar-refractivity contribution in [3.05, 3.63) is 65.5 Å². The SMILES string of the molecule is CN=C(NCC1(c2cccc(F)c2)CCOCC1)N(C)Cc1ccc(OC)cc1.I. The smallest absolute Gasteiger partial charge is 0.193 e. The van der Waals surface area contributed by atoms with Crippen molar-refractivity contribution >= 4 is 29.9 Å². The summed E-state index contributed by atoms with van der Waals surface area (Å²) in [6.07, 6.45) is 1.70. The molecular formula is C23H31FIN3O2. The van der Waals surface area contributed by atoms with Crippen LogP contribution in [0.4, 0.5) is 4.39 Å². The van der Waals surface area contributed by atoms with Gasteiger partial charge in [0.05, 0.1) is 7.11 Å². The molecule has 0 saturated carbocycles. The molecule has 1 N–H and O–H groups in total. The van der Waals surface area contributed by atoms with Crippen LogP contribution < -0.4 is 10.1 Å². The maximum atomic E-state index is 13.9. The number of halogens is 2. The van der Waals surface area contributed by atoms with E-state index in [0.717, 1.165) is 36.7 Å². The summed E-state index contributed by atoms with van der Waals surface area (Å²) in [5.41, 5.74) is 2.01. The standard InChI is InChI=1S/C23H30FN3O2.HI/c1-25-22(27(2)16-18-7-9-21(28-3)10-8-18)26-17-23(11-13-29-14-12-23)19-5-4-6-20(24)15-19;/h4-10,15H,11-14,16-17H2,1-3H3,(H,25,26);1H. The second kappa shape index (κ2) is 11.5. The first-order valence-electron chi connectivity index (χ1n) is 9.95. The third-order valence-corrected chi connectivity index (χ3v) is 5.62. The highest BCUT2D eigenvalue weighted by Crippen LogP contribution is 2.34. The molecule has 1 heterocycles. The average Bonchev–Trinajstić information content (AvgIpc) is 2.75. The summed E-state index contributed by atoms with van der Waals surface area (Å²) in [5, 5.41) is 3.51. The molecule has 0 spiro atoms. The summed E-state index contributed by atoms with van der Waals surface area (Å²) in [6, 6.07) is 15.0. The van der Waals surface area contributed by atoms with Crippen LogP contribution in [0.2, 0.25) is 0 Å². The lowest BCUT2D eigenvalue weighted by Crippen LogP contribution is -2.48. The van der Waals surface area contributed by atoms with Gasteiger partial charge in [-0.3, -0.25) is 4.99 Å². The first-order valence-corrected chi connectivity index (χ1v) is 9.95. The Hall–Kier alpha value is -1.87. The van der Waals surface area contributed by atoms with Crippen molar-refractivity contribution in [1.82, 2.24) is 10.2 Å². The van der Waals surface area contributed by atoms with Gasteiger partial charge in [-0.2, -0.15) is 0 Å². The van der Waals surface area contributed by atoms with Gasteiger partial charge in [-0.15, -0.1) is 24.0 Å². The lowest BCUT2D eigenvalue weighted by atomic mass is 9.74. The van der Waals surface area contributed by atoms with Crippen LogP contribution in [0.1, 0.15) is 24.0 Å². The number of methoxy groups -OCH3 is 1. The van der Waals surface area contributed by atoms with Crippen molar-refractivity contribution < 1.29 is 13.9 Å². The van der Waals surface area contributed by atoms with Crippen molar-refractivity contribution in [3.8, 4) is 5.75 Å². The molecule has 0 atom stereocenters. The molecule has 0 radical (unpaired) electrons. The Labute approximate surface area is 195 Å². The van der Waals surface area contributed by atoms with Crippen LogP contribution in [0.25, 0.3) is 0 Å². The van der Waals surface area contributed by atoms with Crippen LogP contribution in [0.15, 0.2) is 53.5 Å². The van der Waals surface area contributed by atoms with E-state index in [9.17, 15) is 4.39 Å². The molecule has 0 aliphatic carbocycles. The fourth-order valence-corrected chi connectivity index (χ4v) is 3.86. The van der Waals surface area contributed by atoms with Crippen molar-refractivity contribution in [2.45, 2.75) is 24.8 Å². The quantitative estimate of drug-likeness (QED) is 0.348. The monoisotopic (exact) mass is 527 g/mol. The van der Waals surface area contributed by atoms with Gasteiger partial charge in [-0.25, -0.2) is 4.39 Å². The molecule has 2 aromatic carbocycles. The van der Waals surface area contributed by atoms with Crippen LogP contribution in [0, 0.1) is 5.82 Å². The molecular weight excluding hydrogens is 496 g/mol. The summed E-state index contributed by atoms with van der Waals surface area (Å²) in [4.78, 5) is 6.53. The van der Waals surface area contributed by atoms with E-state index in [1.807, 2.05) is 25.2 Å². The highest BCUT2D eigenvalue weighted by atomic mass is 127. The fraction of sp³-hybridized carbons (Fsp3) is 0.435. The molecule has 2 aromatic rings. The van der Waals surface area contributed by atoms with Gasteiger partial charge in [0.15, 0.2) is 5.96 Å². The molecule has 7 heteroatoms. The molecule has 0 unspecified atom stereocenters. The molecule has 3 rings (SSSR count). The minimum atomic E-state index is -0.200. The summed E-state index contributed by atoms with van der Waals surface area (Å²) in [7, 11) is 5.46. The van der Waals surface area contributed by atoms with Gasteiger partial charge in [0.2, 0.25) is 0 Å². The Balaban J connectivity index is 0.00000320. The van der Waals surface area contributed by atoms with E-state index in [2.05, 4.69) is 27.3 Å².